The third kappa shape index (κ3) is 2.29. The second kappa shape index (κ2) is 4.93. The summed E-state index contributed by atoms with van der Waals surface area (Å²) in [5.41, 5.74) is 0.554. The number of ketones is 1. The predicted octanol–water partition coefficient (Wildman–Crippen LogP) is 1.44. The molecule has 1 fully saturated rings. The van der Waals surface area contributed by atoms with Crippen molar-refractivity contribution in [2.24, 2.45) is 0 Å². The maximum atomic E-state index is 12.2. The number of methoxy groups -OCH3 is 1. The van der Waals surface area contributed by atoms with Crippen molar-refractivity contribution in [2.45, 2.75) is 0 Å². The summed E-state index contributed by atoms with van der Waals surface area (Å²) in [6, 6.07) is 5.24. The molecule has 0 aromatic heterocycles. The standard InChI is InChI=1S/C14H15NO4/c1-17-10-2-3-12-11(8-10)14(16)13(19-12)9-15-4-6-18-7-5-15/h2-3,8-9H,4-7H2,1H3/b13-9+. The summed E-state index contributed by atoms with van der Waals surface area (Å²) < 4.78 is 16.0. The Balaban J connectivity index is 1.84. The smallest absolute Gasteiger partial charge is 0.233 e. The Bertz CT molecular complexity index is 532. The molecule has 2 aliphatic heterocycles. The van der Waals surface area contributed by atoms with E-state index >= 15 is 0 Å². The van der Waals surface area contributed by atoms with Crippen LogP contribution in [0.3, 0.4) is 0 Å². The number of rotatable bonds is 2. The molecular weight excluding hydrogens is 246 g/mol. The van der Waals surface area contributed by atoms with E-state index in [9.17, 15) is 4.79 Å². The second-order valence-corrected chi connectivity index (χ2v) is 4.43. The fraction of sp³-hybridized carbons (Fsp3) is 0.357. The summed E-state index contributed by atoms with van der Waals surface area (Å²) in [7, 11) is 1.58. The number of morpholine rings is 1. The molecule has 0 spiro atoms. The third-order valence-corrected chi connectivity index (χ3v) is 3.22. The van der Waals surface area contributed by atoms with E-state index in [-0.39, 0.29) is 5.78 Å². The van der Waals surface area contributed by atoms with Crippen LogP contribution in [0.5, 0.6) is 11.5 Å². The van der Waals surface area contributed by atoms with Crippen molar-refractivity contribution in [3.63, 3.8) is 0 Å². The van der Waals surface area contributed by atoms with Crippen molar-refractivity contribution in [3.8, 4) is 11.5 Å². The highest BCUT2D eigenvalue weighted by Crippen LogP contribution is 2.33. The van der Waals surface area contributed by atoms with E-state index in [0.717, 1.165) is 13.1 Å². The zero-order chi connectivity index (χ0) is 13.2. The van der Waals surface area contributed by atoms with E-state index in [1.54, 1.807) is 31.5 Å². The maximum Gasteiger partial charge on any atom is 0.233 e. The molecule has 3 rings (SSSR count). The van der Waals surface area contributed by atoms with Crippen LogP contribution in [-0.2, 0) is 4.74 Å². The van der Waals surface area contributed by atoms with E-state index in [1.165, 1.54) is 0 Å². The average Bonchev–Trinajstić information content (AvgIpc) is 2.76. The van der Waals surface area contributed by atoms with Gasteiger partial charge < -0.3 is 19.1 Å². The van der Waals surface area contributed by atoms with Gasteiger partial charge in [-0.2, -0.15) is 0 Å². The Morgan fingerprint density at radius 1 is 1.32 bits per heavy atom. The van der Waals surface area contributed by atoms with E-state index in [4.69, 9.17) is 14.2 Å². The van der Waals surface area contributed by atoms with Gasteiger partial charge in [0.05, 0.1) is 25.9 Å². The first-order chi connectivity index (χ1) is 9.28. The number of carbonyl (C=O) groups is 1. The Morgan fingerprint density at radius 2 is 2.11 bits per heavy atom. The van der Waals surface area contributed by atoms with E-state index < -0.39 is 0 Å². The van der Waals surface area contributed by atoms with Crippen molar-refractivity contribution < 1.29 is 19.0 Å². The van der Waals surface area contributed by atoms with E-state index in [0.29, 0.717) is 36.0 Å². The molecule has 0 radical (unpaired) electrons. The largest absolute Gasteiger partial charge is 0.497 e. The van der Waals surface area contributed by atoms with Crippen LogP contribution < -0.4 is 9.47 Å². The van der Waals surface area contributed by atoms with Gasteiger partial charge in [-0.1, -0.05) is 0 Å². The lowest BCUT2D eigenvalue weighted by Gasteiger charge is -2.25. The van der Waals surface area contributed by atoms with Gasteiger partial charge in [0.1, 0.15) is 11.5 Å². The molecule has 0 atom stereocenters. The lowest BCUT2D eigenvalue weighted by Crippen LogP contribution is -2.32. The fourth-order valence-electron chi connectivity index (χ4n) is 2.16. The van der Waals surface area contributed by atoms with Gasteiger partial charge in [0.15, 0.2) is 5.76 Å². The number of fused-ring (bicyclic) bond motifs is 1. The molecule has 1 aromatic rings. The molecule has 0 unspecified atom stereocenters. The molecule has 2 heterocycles. The monoisotopic (exact) mass is 261 g/mol. The Morgan fingerprint density at radius 3 is 2.84 bits per heavy atom. The minimum Gasteiger partial charge on any atom is -0.497 e. The molecule has 0 N–H and O–H groups in total. The van der Waals surface area contributed by atoms with Gasteiger partial charge >= 0.3 is 0 Å². The van der Waals surface area contributed by atoms with Crippen molar-refractivity contribution in [2.75, 3.05) is 33.4 Å². The first kappa shape index (κ1) is 12.0. The van der Waals surface area contributed by atoms with Gasteiger partial charge in [0.25, 0.3) is 0 Å². The van der Waals surface area contributed by atoms with Crippen LogP contribution in [0.25, 0.3) is 0 Å². The minimum atomic E-state index is -0.0969. The number of benzene rings is 1. The van der Waals surface area contributed by atoms with Crippen molar-refractivity contribution in [3.05, 3.63) is 35.7 Å². The molecule has 0 bridgehead atoms. The highest BCUT2D eigenvalue weighted by Gasteiger charge is 2.28. The molecule has 100 valence electrons. The Labute approximate surface area is 111 Å². The summed E-state index contributed by atoms with van der Waals surface area (Å²) in [4.78, 5) is 14.3. The second-order valence-electron chi connectivity index (χ2n) is 4.43. The van der Waals surface area contributed by atoms with Crippen LogP contribution in [-0.4, -0.2) is 44.1 Å². The summed E-state index contributed by atoms with van der Waals surface area (Å²) in [5, 5.41) is 0. The summed E-state index contributed by atoms with van der Waals surface area (Å²) in [6.07, 6.45) is 1.78. The molecular formula is C14H15NO4. The first-order valence-corrected chi connectivity index (χ1v) is 6.22. The van der Waals surface area contributed by atoms with Crippen molar-refractivity contribution in [1.82, 2.24) is 4.90 Å². The molecule has 1 saturated heterocycles. The quantitative estimate of drug-likeness (QED) is 0.754. The normalized spacial score (nSPS) is 20.4. The first-order valence-electron chi connectivity index (χ1n) is 6.22. The number of allylic oxidation sites excluding steroid dienone is 1. The Hall–Kier alpha value is -2.01. The van der Waals surface area contributed by atoms with Crippen molar-refractivity contribution in [1.29, 1.82) is 0 Å². The minimum absolute atomic E-state index is 0.0969. The fourth-order valence-corrected chi connectivity index (χ4v) is 2.16. The summed E-state index contributed by atoms with van der Waals surface area (Å²) in [6.45, 7) is 2.91. The molecule has 5 nitrogen and oxygen atoms in total. The van der Waals surface area contributed by atoms with Gasteiger partial charge in [-0.15, -0.1) is 0 Å². The molecule has 2 aliphatic rings. The molecule has 19 heavy (non-hydrogen) atoms. The molecule has 0 amide bonds. The lowest BCUT2D eigenvalue weighted by molar-refractivity contribution is 0.0577. The zero-order valence-electron chi connectivity index (χ0n) is 10.7. The van der Waals surface area contributed by atoms with Gasteiger partial charge in [0.2, 0.25) is 5.78 Å². The van der Waals surface area contributed by atoms with E-state index in [2.05, 4.69) is 0 Å². The maximum absolute atomic E-state index is 12.2. The lowest BCUT2D eigenvalue weighted by atomic mass is 10.1. The van der Waals surface area contributed by atoms with Crippen LogP contribution in [0.1, 0.15) is 10.4 Å². The van der Waals surface area contributed by atoms with Gasteiger partial charge in [-0.3, -0.25) is 4.79 Å². The predicted molar refractivity (Wildman–Crippen MR) is 68.4 cm³/mol. The van der Waals surface area contributed by atoms with Gasteiger partial charge in [0, 0.05) is 19.3 Å². The van der Waals surface area contributed by atoms with Crippen LogP contribution in [0.2, 0.25) is 0 Å². The highest BCUT2D eigenvalue weighted by atomic mass is 16.5. The van der Waals surface area contributed by atoms with Crippen molar-refractivity contribution >= 4 is 5.78 Å². The topological polar surface area (TPSA) is 48.0 Å². The number of hydrogen-bond donors (Lipinski definition) is 0. The molecule has 1 aromatic carbocycles. The van der Waals surface area contributed by atoms with Gasteiger partial charge in [-0.05, 0) is 18.2 Å². The SMILES string of the molecule is COc1ccc2c(c1)C(=O)/C(=C\N1CCOCC1)O2. The number of hydrogen-bond acceptors (Lipinski definition) is 5. The van der Waals surface area contributed by atoms with Gasteiger partial charge in [-0.25, -0.2) is 0 Å². The van der Waals surface area contributed by atoms with Crippen LogP contribution >= 0.6 is 0 Å². The molecule has 5 heteroatoms. The highest BCUT2D eigenvalue weighted by molar-refractivity contribution is 6.12. The number of nitrogens with zero attached hydrogens (tertiary/aromatic N) is 1. The number of carbonyl (C=O) groups excluding carboxylic acids is 1. The zero-order valence-corrected chi connectivity index (χ0v) is 10.7. The average molecular weight is 261 g/mol. The number of Topliss-reactive ketones (excluding diaryl/α,β-unsaturated/α-hetero) is 1. The molecule has 0 saturated carbocycles. The molecule has 0 aliphatic carbocycles. The summed E-state index contributed by atoms with van der Waals surface area (Å²) >= 11 is 0. The number of ether oxygens (including phenoxy) is 3. The third-order valence-electron chi connectivity index (χ3n) is 3.22. The van der Waals surface area contributed by atoms with E-state index in [1.807, 2.05) is 4.90 Å². The van der Waals surface area contributed by atoms with Crippen LogP contribution in [0.15, 0.2) is 30.2 Å². The summed E-state index contributed by atoms with van der Waals surface area (Å²) in [5.74, 6) is 1.51. The van der Waals surface area contributed by atoms with Crippen LogP contribution in [0.4, 0.5) is 0 Å². The Kier molecular flexibility index (Phi) is 3.13. The van der Waals surface area contributed by atoms with Crippen LogP contribution in [0, 0.1) is 0 Å².